The highest BCUT2D eigenvalue weighted by atomic mass is 32.2. The van der Waals surface area contributed by atoms with Gasteiger partial charge >= 0.3 is 0 Å². The lowest BCUT2D eigenvalue weighted by Crippen LogP contribution is -2.40. The van der Waals surface area contributed by atoms with E-state index in [1.165, 1.54) is 17.0 Å². The highest BCUT2D eigenvalue weighted by Gasteiger charge is 2.36. The summed E-state index contributed by atoms with van der Waals surface area (Å²) in [5.74, 6) is -1.28. The maximum Gasteiger partial charge on any atom is 0.290 e. The molecule has 1 aliphatic heterocycles. The van der Waals surface area contributed by atoms with Crippen LogP contribution in [0.4, 0.5) is 4.39 Å². The zero-order valence-corrected chi connectivity index (χ0v) is 17.8. The average Bonchev–Trinajstić information content (AvgIpc) is 3.12. The first-order valence-electron chi connectivity index (χ1n) is 10.1. The second-order valence-corrected chi connectivity index (χ2v) is 10.0. The summed E-state index contributed by atoms with van der Waals surface area (Å²) >= 11 is 0. The molecular formula is C23H22FNO5S. The second kappa shape index (κ2) is 8.26. The van der Waals surface area contributed by atoms with E-state index in [4.69, 9.17) is 4.42 Å². The zero-order valence-electron chi connectivity index (χ0n) is 17.0. The SMILES string of the molecule is CCc1ccc2oc(C(=O)N(Cc3ccc(F)cc3)C3CCS(=O)(=O)C3)cc(=O)c2c1. The third-order valence-corrected chi connectivity index (χ3v) is 7.34. The Morgan fingerprint density at radius 1 is 1.13 bits per heavy atom. The van der Waals surface area contributed by atoms with Gasteiger partial charge in [-0.25, -0.2) is 12.8 Å². The van der Waals surface area contributed by atoms with E-state index < -0.39 is 27.6 Å². The fourth-order valence-electron chi connectivity index (χ4n) is 3.84. The van der Waals surface area contributed by atoms with E-state index in [1.54, 1.807) is 24.3 Å². The van der Waals surface area contributed by atoms with E-state index in [0.717, 1.165) is 18.1 Å². The number of sulfone groups is 1. The minimum Gasteiger partial charge on any atom is -0.451 e. The molecule has 1 saturated heterocycles. The van der Waals surface area contributed by atoms with E-state index in [1.807, 2.05) is 13.0 Å². The van der Waals surface area contributed by atoms with Gasteiger partial charge in [-0.05, 0) is 48.2 Å². The van der Waals surface area contributed by atoms with Gasteiger partial charge in [0.1, 0.15) is 11.4 Å². The van der Waals surface area contributed by atoms with Gasteiger partial charge in [-0.1, -0.05) is 25.1 Å². The summed E-state index contributed by atoms with van der Waals surface area (Å²) in [6.07, 6.45) is 1.06. The van der Waals surface area contributed by atoms with Crippen LogP contribution in [0.1, 0.15) is 35.0 Å². The first kappa shape index (κ1) is 21.2. The number of hydrogen-bond acceptors (Lipinski definition) is 5. The van der Waals surface area contributed by atoms with Crippen LogP contribution < -0.4 is 5.43 Å². The molecule has 0 radical (unpaired) electrons. The average molecular weight is 443 g/mol. The van der Waals surface area contributed by atoms with Crippen LogP contribution in [-0.2, 0) is 22.8 Å². The van der Waals surface area contributed by atoms with Gasteiger partial charge in [-0.2, -0.15) is 0 Å². The summed E-state index contributed by atoms with van der Waals surface area (Å²) < 4.78 is 43.1. The van der Waals surface area contributed by atoms with E-state index in [-0.39, 0.29) is 29.2 Å². The van der Waals surface area contributed by atoms with Gasteiger partial charge in [-0.15, -0.1) is 0 Å². The van der Waals surface area contributed by atoms with Crippen LogP contribution in [0.25, 0.3) is 11.0 Å². The Morgan fingerprint density at radius 3 is 2.48 bits per heavy atom. The summed E-state index contributed by atoms with van der Waals surface area (Å²) in [6, 6.07) is 11.5. The van der Waals surface area contributed by atoms with Crippen molar-refractivity contribution in [2.24, 2.45) is 0 Å². The molecule has 0 N–H and O–H groups in total. The maximum absolute atomic E-state index is 13.4. The third-order valence-electron chi connectivity index (χ3n) is 5.59. The molecule has 31 heavy (non-hydrogen) atoms. The number of nitrogens with zero attached hydrogens (tertiary/aromatic N) is 1. The summed E-state index contributed by atoms with van der Waals surface area (Å²) in [6.45, 7) is 2.06. The molecule has 0 spiro atoms. The van der Waals surface area contributed by atoms with Crippen molar-refractivity contribution in [3.63, 3.8) is 0 Å². The smallest absolute Gasteiger partial charge is 0.290 e. The van der Waals surface area contributed by atoms with Crippen LogP contribution in [0.15, 0.2) is 57.7 Å². The molecule has 1 aromatic heterocycles. The molecule has 4 rings (SSSR count). The van der Waals surface area contributed by atoms with E-state index in [2.05, 4.69) is 0 Å². The molecule has 1 aliphatic rings. The molecule has 2 heterocycles. The summed E-state index contributed by atoms with van der Waals surface area (Å²) in [5, 5.41) is 0.393. The Bertz CT molecular complexity index is 1300. The highest BCUT2D eigenvalue weighted by Crippen LogP contribution is 2.24. The maximum atomic E-state index is 13.4. The first-order valence-corrected chi connectivity index (χ1v) is 11.9. The summed E-state index contributed by atoms with van der Waals surface area (Å²) in [4.78, 5) is 27.4. The van der Waals surface area contributed by atoms with E-state index in [9.17, 15) is 22.4 Å². The van der Waals surface area contributed by atoms with Crippen LogP contribution in [0, 0.1) is 5.82 Å². The number of carbonyl (C=O) groups excluding carboxylic acids is 1. The van der Waals surface area contributed by atoms with Crippen molar-refractivity contribution >= 4 is 26.7 Å². The zero-order chi connectivity index (χ0) is 22.2. The standard InChI is InChI=1S/C23H22FNO5S/c1-2-15-5-8-21-19(11-15)20(26)12-22(30-21)23(27)25(18-9-10-31(28,29)14-18)13-16-3-6-17(24)7-4-16/h3-8,11-12,18H,2,9-10,13-14H2,1H3. The Kier molecular flexibility index (Phi) is 5.66. The predicted octanol–water partition coefficient (Wildman–Crippen LogP) is 3.32. The van der Waals surface area contributed by atoms with Gasteiger partial charge in [0.25, 0.3) is 5.91 Å². The van der Waals surface area contributed by atoms with Crippen molar-refractivity contribution in [1.82, 2.24) is 4.90 Å². The molecule has 1 atom stereocenters. The molecule has 3 aromatic rings. The fourth-order valence-corrected chi connectivity index (χ4v) is 5.58. The van der Waals surface area contributed by atoms with Crippen molar-refractivity contribution in [3.8, 4) is 0 Å². The number of halogens is 1. The molecule has 0 saturated carbocycles. The molecular weight excluding hydrogens is 421 g/mol. The summed E-state index contributed by atoms with van der Waals surface area (Å²) in [5.41, 5.74) is 1.59. The lowest BCUT2D eigenvalue weighted by atomic mass is 10.1. The number of carbonyl (C=O) groups is 1. The van der Waals surface area contributed by atoms with E-state index >= 15 is 0 Å². The molecule has 2 aromatic carbocycles. The Balaban J connectivity index is 1.72. The minimum absolute atomic E-state index is 0.00761. The summed E-state index contributed by atoms with van der Waals surface area (Å²) in [7, 11) is -3.25. The Hall–Kier alpha value is -3.00. The van der Waals surface area contributed by atoms with Gasteiger partial charge in [-0.3, -0.25) is 9.59 Å². The highest BCUT2D eigenvalue weighted by molar-refractivity contribution is 7.91. The number of hydrogen-bond donors (Lipinski definition) is 0. The van der Waals surface area contributed by atoms with Crippen molar-refractivity contribution in [2.45, 2.75) is 32.4 Å². The number of aryl methyl sites for hydroxylation is 1. The van der Waals surface area contributed by atoms with Crippen LogP contribution in [0.3, 0.4) is 0 Å². The second-order valence-electron chi connectivity index (χ2n) is 7.78. The molecule has 1 unspecified atom stereocenters. The first-order chi connectivity index (χ1) is 14.8. The van der Waals surface area contributed by atoms with Crippen molar-refractivity contribution in [3.05, 3.63) is 81.5 Å². The molecule has 0 bridgehead atoms. The number of rotatable bonds is 5. The van der Waals surface area contributed by atoms with E-state index in [0.29, 0.717) is 23.0 Å². The van der Waals surface area contributed by atoms with Crippen molar-refractivity contribution in [2.75, 3.05) is 11.5 Å². The van der Waals surface area contributed by atoms with Crippen LogP contribution in [0.5, 0.6) is 0 Å². The fraction of sp³-hybridized carbons (Fsp3) is 0.304. The van der Waals surface area contributed by atoms with Crippen molar-refractivity contribution in [1.29, 1.82) is 0 Å². The van der Waals surface area contributed by atoms with Crippen molar-refractivity contribution < 1.29 is 22.0 Å². The largest absolute Gasteiger partial charge is 0.451 e. The molecule has 1 amide bonds. The molecule has 1 fully saturated rings. The molecule has 0 aliphatic carbocycles. The third kappa shape index (κ3) is 4.54. The Labute approximate surface area is 179 Å². The molecule has 6 nitrogen and oxygen atoms in total. The number of fused-ring (bicyclic) bond motifs is 1. The Morgan fingerprint density at radius 2 is 1.84 bits per heavy atom. The van der Waals surface area contributed by atoms with Gasteiger partial charge < -0.3 is 9.32 Å². The molecule has 8 heteroatoms. The lowest BCUT2D eigenvalue weighted by Gasteiger charge is -2.28. The molecule has 162 valence electrons. The monoisotopic (exact) mass is 443 g/mol. The number of amides is 1. The van der Waals surface area contributed by atoms with Gasteiger partial charge in [0.2, 0.25) is 0 Å². The van der Waals surface area contributed by atoms with Crippen LogP contribution >= 0.6 is 0 Å². The quantitative estimate of drug-likeness (QED) is 0.604. The predicted molar refractivity (Wildman–Crippen MR) is 115 cm³/mol. The minimum atomic E-state index is -3.25. The van der Waals surface area contributed by atoms with Gasteiger partial charge in [0.15, 0.2) is 21.0 Å². The topological polar surface area (TPSA) is 84.7 Å². The van der Waals surface area contributed by atoms with Gasteiger partial charge in [0, 0.05) is 18.7 Å². The van der Waals surface area contributed by atoms with Crippen LogP contribution in [-0.4, -0.2) is 36.8 Å². The van der Waals surface area contributed by atoms with Gasteiger partial charge in [0.05, 0.1) is 16.9 Å². The normalized spacial score (nSPS) is 17.7. The lowest BCUT2D eigenvalue weighted by molar-refractivity contribution is 0.0648. The van der Waals surface area contributed by atoms with Crippen LogP contribution in [0.2, 0.25) is 0 Å². The number of benzene rings is 2.